The Morgan fingerprint density at radius 3 is 2.91 bits per heavy atom. The summed E-state index contributed by atoms with van der Waals surface area (Å²) >= 11 is 0. The zero-order valence-corrected chi connectivity index (χ0v) is 6.96. The second kappa shape index (κ2) is 3.34. The normalized spacial score (nSPS) is 17.3. The van der Waals surface area contributed by atoms with Gasteiger partial charge in [-0.25, -0.2) is 4.99 Å². The number of rotatable bonds is 1. The van der Waals surface area contributed by atoms with Gasteiger partial charge in [-0.05, 0) is 24.8 Å². The number of nitriles is 1. The largest absolute Gasteiger partial charge is 0.247 e. The van der Waals surface area contributed by atoms with Crippen LogP contribution in [0.25, 0.3) is 0 Å². The van der Waals surface area contributed by atoms with Crippen LogP contribution in [-0.4, -0.2) is 5.71 Å². The third kappa shape index (κ3) is 1.91. The minimum Gasteiger partial charge on any atom is -0.247 e. The van der Waals surface area contributed by atoms with E-state index in [4.69, 9.17) is 5.26 Å². The molecule has 0 saturated carbocycles. The second-order valence-corrected chi connectivity index (χ2v) is 3.00. The molecule has 0 aromatic carbocycles. The van der Waals surface area contributed by atoms with Gasteiger partial charge < -0.3 is 0 Å². The minimum atomic E-state index is 0.479. The number of aliphatic imine (C=N–C) groups is 1. The van der Waals surface area contributed by atoms with Crippen LogP contribution in [0.15, 0.2) is 16.8 Å². The van der Waals surface area contributed by atoms with Gasteiger partial charge in [-0.15, -0.1) is 0 Å². The molecule has 1 rings (SSSR count). The average Bonchev–Trinajstić information content (AvgIpc) is 2.05. The van der Waals surface area contributed by atoms with E-state index in [-0.39, 0.29) is 0 Å². The lowest BCUT2D eigenvalue weighted by atomic mass is 10.0. The summed E-state index contributed by atoms with van der Waals surface area (Å²) in [6, 6.07) is 2.06. The first-order valence-corrected chi connectivity index (χ1v) is 3.91. The first-order valence-electron chi connectivity index (χ1n) is 3.91. The Kier molecular flexibility index (Phi) is 2.43. The van der Waals surface area contributed by atoms with Crippen molar-refractivity contribution in [3.63, 3.8) is 0 Å². The molecule has 1 aliphatic heterocycles. The highest BCUT2D eigenvalue weighted by Gasteiger charge is 2.09. The number of nitrogens with zero attached hydrogens (tertiary/aromatic N) is 2. The monoisotopic (exact) mass is 148 g/mol. The van der Waals surface area contributed by atoms with E-state index in [1.807, 2.05) is 6.08 Å². The Labute approximate surface area is 67.3 Å². The van der Waals surface area contributed by atoms with Crippen molar-refractivity contribution in [2.45, 2.75) is 26.7 Å². The number of hydrogen-bond acceptors (Lipinski definition) is 2. The van der Waals surface area contributed by atoms with Crippen LogP contribution in [0.4, 0.5) is 0 Å². The third-order valence-electron chi connectivity index (χ3n) is 1.78. The third-order valence-corrected chi connectivity index (χ3v) is 1.78. The fourth-order valence-electron chi connectivity index (χ4n) is 1.10. The van der Waals surface area contributed by atoms with E-state index in [1.54, 1.807) is 0 Å². The molecule has 1 aliphatic rings. The maximum atomic E-state index is 8.57. The van der Waals surface area contributed by atoms with Crippen molar-refractivity contribution in [1.29, 1.82) is 5.26 Å². The van der Waals surface area contributed by atoms with E-state index in [0.29, 0.717) is 11.6 Å². The van der Waals surface area contributed by atoms with Crippen molar-refractivity contribution < 1.29 is 0 Å². The Morgan fingerprint density at radius 1 is 1.64 bits per heavy atom. The highest BCUT2D eigenvalue weighted by molar-refractivity contribution is 5.88. The highest BCUT2D eigenvalue weighted by Crippen LogP contribution is 2.14. The molecule has 0 N–H and O–H groups in total. The molecule has 0 saturated heterocycles. The fraction of sp³-hybridized carbons (Fsp3) is 0.556. The molecule has 2 heteroatoms. The van der Waals surface area contributed by atoms with Crippen LogP contribution in [0.5, 0.6) is 0 Å². The van der Waals surface area contributed by atoms with E-state index >= 15 is 0 Å². The Balaban J connectivity index is 2.78. The van der Waals surface area contributed by atoms with Gasteiger partial charge in [-0.3, -0.25) is 0 Å². The van der Waals surface area contributed by atoms with E-state index in [2.05, 4.69) is 24.9 Å². The molecule has 0 aromatic heterocycles. The van der Waals surface area contributed by atoms with Crippen molar-refractivity contribution in [3.8, 4) is 6.07 Å². The van der Waals surface area contributed by atoms with Crippen molar-refractivity contribution in [2.75, 3.05) is 0 Å². The van der Waals surface area contributed by atoms with E-state index in [0.717, 1.165) is 18.6 Å². The lowest BCUT2D eigenvalue weighted by Gasteiger charge is -2.11. The second-order valence-electron chi connectivity index (χ2n) is 3.00. The average molecular weight is 148 g/mol. The fourth-order valence-corrected chi connectivity index (χ4v) is 1.10. The SMILES string of the molecule is CC(C)C1=NC(C#N)=CCC1. The standard InChI is InChI=1S/C9H12N2/c1-7(2)9-5-3-4-8(6-10)11-9/h4,7H,3,5H2,1-2H3. The van der Waals surface area contributed by atoms with Crippen LogP contribution in [0.1, 0.15) is 26.7 Å². The van der Waals surface area contributed by atoms with E-state index in [1.165, 1.54) is 0 Å². The molecule has 0 radical (unpaired) electrons. The number of hydrogen-bond donors (Lipinski definition) is 0. The first-order chi connectivity index (χ1) is 5.24. The van der Waals surface area contributed by atoms with Gasteiger partial charge in [0.25, 0.3) is 0 Å². The molecular formula is C9H12N2. The molecule has 0 aromatic rings. The summed E-state index contributed by atoms with van der Waals surface area (Å²) in [6.07, 6.45) is 3.88. The topological polar surface area (TPSA) is 36.1 Å². The molecule has 0 unspecified atom stereocenters. The van der Waals surface area contributed by atoms with E-state index < -0.39 is 0 Å². The van der Waals surface area contributed by atoms with E-state index in [9.17, 15) is 0 Å². The first kappa shape index (κ1) is 8.00. The van der Waals surface area contributed by atoms with Gasteiger partial charge in [-0.2, -0.15) is 5.26 Å². The quantitative estimate of drug-likeness (QED) is 0.562. The molecule has 0 atom stereocenters. The molecule has 0 spiro atoms. The summed E-state index contributed by atoms with van der Waals surface area (Å²) in [5, 5.41) is 8.57. The molecule has 0 fully saturated rings. The van der Waals surface area contributed by atoms with Crippen molar-refractivity contribution in [2.24, 2.45) is 10.9 Å². The predicted octanol–water partition coefficient (Wildman–Crippen LogP) is 2.28. The Bertz CT molecular complexity index is 241. The zero-order valence-electron chi connectivity index (χ0n) is 6.96. The van der Waals surface area contributed by atoms with Crippen molar-refractivity contribution >= 4 is 5.71 Å². The Morgan fingerprint density at radius 2 is 2.36 bits per heavy atom. The van der Waals surface area contributed by atoms with Crippen LogP contribution in [0.2, 0.25) is 0 Å². The lowest BCUT2D eigenvalue weighted by Crippen LogP contribution is -2.09. The predicted molar refractivity (Wildman–Crippen MR) is 45.2 cm³/mol. The van der Waals surface area contributed by atoms with Crippen molar-refractivity contribution in [3.05, 3.63) is 11.8 Å². The summed E-state index contributed by atoms with van der Waals surface area (Å²) in [5.41, 5.74) is 1.74. The van der Waals surface area contributed by atoms with Crippen LogP contribution < -0.4 is 0 Å². The van der Waals surface area contributed by atoms with Gasteiger partial charge in [-0.1, -0.05) is 13.8 Å². The summed E-state index contributed by atoms with van der Waals surface area (Å²) in [7, 11) is 0. The molecule has 0 bridgehead atoms. The maximum absolute atomic E-state index is 8.57. The summed E-state index contributed by atoms with van der Waals surface area (Å²) in [6.45, 7) is 4.22. The smallest absolute Gasteiger partial charge is 0.136 e. The van der Waals surface area contributed by atoms with Gasteiger partial charge >= 0.3 is 0 Å². The summed E-state index contributed by atoms with van der Waals surface area (Å²) < 4.78 is 0. The van der Waals surface area contributed by atoms with Crippen LogP contribution in [0.3, 0.4) is 0 Å². The molecule has 0 amide bonds. The molecule has 0 aliphatic carbocycles. The maximum Gasteiger partial charge on any atom is 0.136 e. The van der Waals surface area contributed by atoms with Gasteiger partial charge in [0, 0.05) is 5.71 Å². The van der Waals surface area contributed by atoms with Gasteiger partial charge in [0.05, 0.1) is 0 Å². The lowest BCUT2D eigenvalue weighted by molar-refractivity contribution is 0.830. The van der Waals surface area contributed by atoms with Crippen LogP contribution in [-0.2, 0) is 0 Å². The summed E-state index contributed by atoms with van der Waals surface area (Å²) in [5.74, 6) is 0.479. The van der Waals surface area contributed by atoms with Gasteiger partial charge in [0.2, 0.25) is 0 Å². The molecule has 58 valence electrons. The van der Waals surface area contributed by atoms with Crippen LogP contribution in [0, 0.1) is 17.2 Å². The molecule has 11 heavy (non-hydrogen) atoms. The molecule has 2 nitrogen and oxygen atoms in total. The number of allylic oxidation sites excluding steroid dienone is 2. The summed E-state index contributed by atoms with van der Waals surface area (Å²) in [4.78, 5) is 4.22. The molecule has 1 heterocycles. The minimum absolute atomic E-state index is 0.479. The van der Waals surface area contributed by atoms with Gasteiger partial charge in [0.15, 0.2) is 0 Å². The van der Waals surface area contributed by atoms with Crippen molar-refractivity contribution in [1.82, 2.24) is 0 Å². The van der Waals surface area contributed by atoms with Gasteiger partial charge in [0.1, 0.15) is 11.8 Å². The van der Waals surface area contributed by atoms with Crippen LogP contribution >= 0.6 is 0 Å². The molecular weight excluding hydrogens is 136 g/mol. The zero-order chi connectivity index (χ0) is 8.27. The highest BCUT2D eigenvalue weighted by atomic mass is 14.8. The Hall–Kier alpha value is -1.10.